The minimum Gasteiger partial charge on any atom is -0.466 e. The molecule has 0 fully saturated rings. The summed E-state index contributed by atoms with van der Waals surface area (Å²) in [7, 11) is 1.19. The summed E-state index contributed by atoms with van der Waals surface area (Å²) in [6.07, 6.45) is 3.33. The smallest absolute Gasteiger partial charge is 0.340 e. The van der Waals surface area contributed by atoms with Crippen LogP contribution in [0.3, 0.4) is 0 Å². The Morgan fingerprint density at radius 3 is 2.74 bits per heavy atom. The monoisotopic (exact) mass is 266 g/mol. The van der Waals surface area contributed by atoms with Gasteiger partial charge in [-0.15, -0.1) is 0 Å². The molecule has 0 aromatic heterocycles. The lowest BCUT2D eigenvalue weighted by molar-refractivity contribution is -0.142. The molecule has 0 atom stereocenters. The molecular weight excluding hydrogens is 251 g/mol. The van der Waals surface area contributed by atoms with Gasteiger partial charge in [0.2, 0.25) is 0 Å². The van der Waals surface area contributed by atoms with Gasteiger partial charge in [-0.2, -0.15) is 0 Å². The number of ether oxygens (including phenoxy) is 2. The number of carbonyl (C=O) groups excluding carboxylic acids is 2. The number of carbonyl (C=O) groups is 2. The van der Waals surface area contributed by atoms with Crippen molar-refractivity contribution in [3.05, 3.63) is 41.2 Å². The first kappa shape index (κ1) is 14.9. The predicted molar refractivity (Wildman–Crippen MR) is 68.0 cm³/mol. The van der Waals surface area contributed by atoms with Crippen LogP contribution in [0.15, 0.2) is 24.3 Å². The molecule has 1 aromatic rings. The molecular formula is C14H15FO4. The molecule has 0 saturated heterocycles. The third kappa shape index (κ3) is 4.54. The zero-order valence-electron chi connectivity index (χ0n) is 10.8. The van der Waals surface area contributed by atoms with Crippen LogP contribution in [0.25, 0.3) is 6.08 Å². The molecule has 0 heterocycles. The van der Waals surface area contributed by atoms with Crippen molar-refractivity contribution < 1.29 is 23.5 Å². The number of hydrogen-bond acceptors (Lipinski definition) is 4. The average molecular weight is 266 g/mol. The van der Waals surface area contributed by atoms with Gasteiger partial charge in [0.05, 0.1) is 25.7 Å². The topological polar surface area (TPSA) is 52.6 Å². The van der Waals surface area contributed by atoms with Crippen LogP contribution in [0.5, 0.6) is 0 Å². The van der Waals surface area contributed by atoms with Crippen molar-refractivity contribution in [3.63, 3.8) is 0 Å². The lowest BCUT2D eigenvalue weighted by Gasteiger charge is -2.02. The van der Waals surface area contributed by atoms with E-state index >= 15 is 0 Å². The van der Waals surface area contributed by atoms with Crippen molar-refractivity contribution >= 4 is 18.0 Å². The summed E-state index contributed by atoms with van der Waals surface area (Å²) in [4.78, 5) is 22.4. The average Bonchev–Trinajstić information content (AvgIpc) is 2.40. The Hall–Kier alpha value is -2.17. The van der Waals surface area contributed by atoms with Gasteiger partial charge in [0, 0.05) is 0 Å². The third-order valence-electron chi connectivity index (χ3n) is 2.30. The van der Waals surface area contributed by atoms with Gasteiger partial charge in [0.15, 0.2) is 0 Å². The standard InChI is InChI=1S/C14H15FO4/c1-3-19-13(16)6-4-5-10-7-8-12(15)11(9-10)14(17)18-2/h4-5,7-9H,3,6H2,1-2H3. The fraction of sp³-hybridized carbons (Fsp3) is 0.286. The van der Waals surface area contributed by atoms with Gasteiger partial charge in [-0.1, -0.05) is 18.2 Å². The second kappa shape index (κ2) is 7.31. The fourth-order valence-corrected chi connectivity index (χ4v) is 1.42. The maximum absolute atomic E-state index is 13.4. The highest BCUT2D eigenvalue weighted by Gasteiger charge is 2.11. The number of benzene rings is 1. The van der Waals surface area contributed by atoms with Crippen LogP contribution in [0.1, 0.15) is 29.3 Å². The van der Waals surface area contributed by atoms with Gasteiger partial charge in [0.25, 0.3) is 0 Å². The van der Waals surface area contributed by atoms with Crippen molar-refractivity contribution in [2.75, 3.05) is 13.7 Å². The first-order valence-corrected chi connectivity index (χ1v) is 5.78. The zero-order chi connectivity index (χ0) is 14.3. The number of methoxy groups -OCH3 is 1. The summed E-state index contributed by atoms with van der Waals surface area (Å²) in [6, 6.07) is 4.04. The molecule has 0 bridgehead atoms. The van der Waals surface area contributed by atoms with Gasteiger partial charge < -0.3 is 9.47 Å². The van der Waals surface area contributed by atoms with Crippen LogP contribution in [0, 0.1) is 5.82 Å². The van der Waals surface area contributed by atoms with Crippen LogP contribution in [-0.4, -0.2) is 25.7 Å². The molecule has 0 N–H and O–H groups in total. The lowest BCUT2D eigenvalue weighted by Crippen LogP contribution is -2.04. The quantitative estimate of drug-likeness (QED) is 0.769. The normalized spacial score (nSPS) is 10.5. The number of esters is 2. The van der Waals surface area contributed by atoms with Gasteiger partial charge in [0.1, 0.15) is 5.82 Å². The first-order chi connectivity index (χ1) is 9.08. The molecule has 1 rings (SSSR count). The van der Waals surface area contributed by atoms with Gasteiger partial charge >= 0.3 is 11.9 Å². The van der Waals surface area contributed by atoms with Crippen molar-refractivity contribution in [2.45, 2.75) is 13.3 Å². The number of rotatable bonds is 5. The van der Waals surface area contributed by atoms with E-state index in [1.54, 1.807) is 19.1 Å². The maximum atomic E-state index is 13.4. The molecule has 19 heavy (non-hydrogen) atoms. The molecule has 0 amide bonds. The van der Waals surface area contributed by atoms with E-state index in [1.165, 1.54) is 25.3 Å². The van der Waals surface area contributed by atoms with Crippen LogP contribution >= 0.6 is 0 Å². The molecule has 0 unspecified atom stereocenters. The van der Waals surface area contributed by atoms with Crippen molar-refractivity contribution in [3.8, 4) is 0 Å². The molecule has 102 valence electrons. The highest BCUT2D eigenvalue weighted by molar-refractivity contribution is 5.90. The Morgan fingerprint density at radius 1 is 1.37 bits per heavy atom. The van der Waals surface area contributed by atoms with E-state index in [-0.39, 0.29) is 18.0 Å². The van der Waals surface area contributed by atoms with Gasteiger partial charge in [-0.3, -0.25) is 4.79 Å². The molecule has 0 radical (unpaired) electrons. The van der Waals surface area contributed by atoms with Crippen LogP contribution in [0.2, 0.25) is 0 Å². The minimum atomic E-state index is -0.738. The Morgan fingerprint density at radius 2 is 2.11 bits per heavy atom. The molecule has 1 aromatic carbocycles. The first-order valence-electron chi connectivity index (χ1n) is 5.78. The van der Waals surface area contributed by atoms with E-state index < -0.39 is 11.8 Å². The molecule has 0 saturated carbocycles. The zero-order valence-corrected chi connectivity index (χ0v) is 10.8. The van der Waals surface area contributed by atoms with E-state index in [2.05, 4.69) is 4.74 Å². The Labute approximate surface area is 110 Å². The van der Waals surface area contributed by atoms with Crippen LogP contribution < -0.4 is 0 Å². The highest BCUT2D eigenvalue weighted by atomic mass is 19.1. The molecule has 0 aliphatic heterocycles. The van der Waals surface area contributed by atoms with Crippen LogP contribution in [0.4, 0.5) is 4.39 Å². The number of halogens is 1. The maximum Gasteiger partial charge on any atom is 0.340 e. The van der Waals surface area contributed by atoms with Crippen LogP contribution in [-0.2, 0) is 14.3 Å². The van der Waals surface area contributed by atoms with E-state index in [4.69, 9.17) is 4.74 Å². The van der Waals surface area contributed by atoms with Crippen molar-refractivity contribution in [2.24, 2.45) is 0 Å². The third-order valence-corrected chi connectivity index (χ3v) is 2.30. The van der Waals surface area contributed by atoms with Crippen molar-refractivity contribution in [1.82, 2.24) is 0 Å². The Kier molecular flexibility index (Phi) is 5.73. The molecule has 4 nitrogen and oxygen atoms in total. The molecule has 5 heteroatoms. The summed E-state index contributed by atoms with van der Waals surface area (Å²) >= 11 is 0. The van der Waals surface area contributed by atoms with E-state index in [0.29, 0.717) is 12.2 Å². The molecule has 0 aliphatic carbocycles. The minimum absolute atomic E-state index is 0.124. The summed E-state index contributed by atoms with van der Waals surface area (Å²) in [5.41, 5.74) is 0.465. The second-order valence-electron chi connectivity index (χ2n) is 3.64. The van der Waals surface area contributed by atoms with Gasteiger partial charge in [-0.05, 0) is 24.6 Å². The largest absolute Gasteiger partial charge is 0.466 e. The fourth-order valence-electron chi connectivity index (χ4n) is 1.42. The summed E-state index contributed by atoms with van der Waals surface area (Å²) < 4.78 is 22.6. The van der Waals surface area contributed by atoms with E-state index in [1.807, 2.05) is 0 Å². The highest BCUT2D eigenvalue weighted by Crippen LogP contribution is 2.13. The predicted octanol–water partition coefficient (Wildman–Crippen LogP) is 2.58. The number of hydrogen-bond donors (Lipinski definition) is 0. The van der Waals surface area contributed by atoms with Crippen molar-refractivity contribution in [1.29, 1.82) is 0 Å². The summed E-state index contributed by atoms with van der Waals surface area (Å²) in [6.45, 7) is 2.06. The van der Waals surface area contributed by atoms with E-state index in [0.717, 1.165) is 0 Å². The van der Waals surface area contributed by atoms with Gasteiger partial charge in [-0.25, -0.2) is 9.18 Å². The SMILES string of the molecule is CCOC(=O)CC=Cc1ccc(F)c(C(=O)OC)c1. The van der Waals surface area contributed by atoms with E-state index in [9.17, 15) is 14.0 Å². The lowest BCUT2D eigenvalue weighted by atomic mass is 10.1. The molecule has 0 aliphatic rings. The Balaban J connectivity index is 2.77. The summed E-state index contributed by atoms with van der Waals surface area (Å²) in [5, 5.41) is 0. The molecule has 0 spiro atoms. The Bertz CT molecular complexity index is 494. The second-order valence-corrected chi connectivity index (χ2v) is 3.64. The summed E-state index contributed by atoms with van der Waals surface area (Å²) in [5.74, 6) is -1.72.